The second-order valence-corrected chi connectivity index (χ2v) is 4.28. The summed E-state index contributed by atoms with van der Waals surface area (Å²) in [6, 6.07) is 7.55. The molecule has 0 saturated heterocycles. The van der Waals surface area contributed by atoms with Gasteiger partial charge in [0, 0.05) is 7.05 Å². The zero-order valence-electron chi connectivity index (χ0n) is 10.7. The second kappa shape index (κ2) is 5.69. The standard InChI is InChI=1S/C14H18N2O2/c1-3-14(17)11-4-6-13(7-5-11)18-9-12-8-15-10-16(12)2/h4-8,10,14,17H,3,9H2,1-2H3/t14-/m1/s1. The summed E-state index contributed by atoms with van der Waals surface area (Å²) in [5.74, 6) is 0.795. The third-order valence-corrected chi connectivity index (χ3v) is 2.95. The van der Waals surface area contributed by atoms with Crippen LogP contribution in [0, 0.1) is 0 Å². The zero-order chi connectivity index (χ0) is 13.0. The van der Waals surface area contributed by atoms with Crippen LogP contribution in [0.3, 0.4) is 0 Å². The summed E-state index contributed by atoms with van der Waals surface area (Å²) >= 11 is 0. The SMILES string of the molecule is CC[C@@H](O)c1ccc(OCc2cncn2C)cc1. The molecule has 2 rings (SSSR count). The first-order valence-corrected chi connectivity index (χ1v) is 6.06. The van der Waals surface area contributed by atoms with Crippen LogP contribution in [-0.4, -0.2) is 14.7 Å². The molecule has 0 amide bonds. The Morgan fingerprint density at radius 3 is 2.61 bits per heavy atom. The van der Waals surface area contributed by atoms with E-state index in [9.17, 15) is 5.11 Å². The Balaban J connectivity index is 1.96. The van der Waals surface area contributed by atoms with E-state index >= 15 is 0 Å². The number of rotatable bonds is 5. The molecule has 18 heavy (non-hydrogen) atoms. The number of nitrogens with zero attached hydrogens (tertiary/aromatic N) is 2. The van der Waals surface area contributed by atoms with Gasteiger partial charge >= 0.3 is 0 Å². The quantitative estimate of drug-likeness (QED) is 0.881. The van der Waals surface area contributed by atoms with E-state index in [2.05, 4.69) is 4.98 Å². The number of aliphatic hydroxyl groups is 1. The molecule has 0 fully saturated rings. The minimum absolute atomic E-state index is 0.392. The van der Waals surface area contributed by atoms with Crippen molar-refractivity contribution in [1.29, 1.82) is 0 Å². The Labute approximate surface area is 107 Å². The average molecular weight is 246 g/mol. The summed E-state index contributed by atoms with van der Waals surface area (Å²) in [5, 5.41) is 9.68. The van der Waals surface area contributed by atoms with Crippen LogP contribution in [0.1, 0.15) is 30.7 Å². The van der Waals surface area contributed by atoms with Crippen LogP contribution >= 0.6 is 0 Å². The van der Waals surface area contributed by atoms with Crippen molar-refractivity contribution in [2.24, 2.45) is 7.05 Å². The Bertz CT molecular complexity index is 491. The lowest BCUT2D eigenvalue weighted by atomic mass is 10.1. The van der Waals surface area contributed by atoms with Gasteiger partial charge in [-0.2, -0.15) is 0 Å². The molecule has 0 bridgehead atoms. The molecule has 1 heterocycles. The van der Waals surface area contributed by atoms with Gasteiger partial charge in [0.2, 0.25) is 0 Å². The molecule has 0 aliphatic heterocycles. The summed E-state index contributed by atoms with van der Waals surface area (Å²) < 4.78 is 7.58. The van der Waals surface area contributed by atoms with Crippen LogP contribution in [0.25, 0.3) is 0 Å². The zero-order valence-corrected chi connectivity index (χ0v) is 10.7. The fourth-order valence-electron chi connectivity index (χ4n) is 1.70. The van der Waals surface area contributed by atoms with E-state index in [1.165, 1.54) is 0 Å². The van der Waals surface area contributed by atoms with E-state index in [0.29, 0.717) is 6.61 Å². The second-order valence-electron chi connectivity index (χ2n) is 4.28. The van der Waals surface area contributed by atoms with Gasteiger partial charge in [-0.1, -0.05) is 19.1 Å². The Morgan fingerprint density at radius 2 is 2.06 bits per heavy atom. The highest BCUT2D eigenvalue weighted by Crippen LogP contribution is 2.20. The van der Waals surface area contributed by atoms with E-state index in [1.54, 1.807) is 12.5 Å². The smallest absolute Gasteiger partial charge is 0.130 e. The number of hydrogen-bond acceptors (Lipinski definition) is 3. The molecule has 0 aliphatic carbocycles. The lowest BCUT2D eigenvalue weighted by molar-refractivity contribution is 0.173. The van der Waals surface area contributed by atoms with Crippen molar-refractivity contribution in [2.45, 2.75) is 26.1 Å². The predicted molar refractivity (Wildman–Crippen MR) is 69.2 cm³/mol. The van der Waals surface area contributed by atoms with Crippen LogP contribution in [0.15, 0.2) is 36.8 Å². The Morgan fingerprint density at radius 1 is 1.33 bits per heavy atom. The predicted octanol–water partition coefficient (Wildman–Crippen LogP) is 2.44. The summed E-state index contributed by atoms with van der Waals surface area (Å²) in [6.07, 6.45) is 3.86. The van der Waals surface area contributed by atoms with Gasteiger partial charge in [0.1, 0.15) is 12.4 Å². The molecule has 0 unspecified atom stereocenters. The van der Waals surface area contributed by atoms with E-state index in [1.807, 2.05) is 42.8 Å². The molecule has 4 heteroatoms. The molecule has 0 radical (unpaired) electrons. The first kappa shape index (κ1) is 12.6. The number of aliphatic hydroxyl groups excluding tert-OH is 1. The number of ether oxygens (including phenoxy) is 1. The highest BCUT2D eigenvalue weighted by molar-refractivity contribution is 5.28. The lowest BCUT2D eigenvalue weighted by Gasteiger charge is -2.10. The fourth-order valence-corrected chi connectivity index (χ4v) is 1.70. The highest BCUT2D eigenvalue weighted by atomic mass is 16.5. The van der Waals surface area contributed by atoms with Crippen LogP contribution < -0.4 is 4.74 Å². The molecule has 1 aromatic heterocycles. The summed E-state index contributed by atoms with van der Waals surface area (Å²) in [5.41, 5.74) is 1.94. The number of aryl methyl sites for hydroxylation is 1. The molecule has 0 saturated carbocycles. The number of benzene rings is 1. The van der Waals surface area contributed by atoms with Gasteiger partial charge in [-0.3, -0.25) is 0 Å². The fraction of sp³-hybridized carbons (Fsp3) is 0.357. The van der Waals surface area contributed by atoms with Gasteiger partial charge in [-0.05, 0) is 24.1 Å². The van der Waals surface area contributed by atoms with Crippen molar-refractivity contribution in [3.63, 3.8) is 0 Å². The van der Waals surface area contributed by atoms with Gasteiger partial charge in [-0.15, -0.1) is 0 Å². The van der Waals surface area contributed by atoms with E-state index in [0.717, 1.165) is 23.4 Å². The van der Waals surface area contributed by atoms with Gasteiger partial charge in [0.25, 0.3) is 0 Å². The van der Waals surface area contributed by atoms with E-state index in [-0.39, 0.29) is 0 Å². The number of imidazole rings is 1. The molecule has 1 aromatic carbocycles. The van der Waals surface area contributed by atoms with Crippen LogP contribution in [0.2, 0.25) is 0 Å². The maximum atomic E-state index is 9.68. The van der Waals surface area contributed by atoms with Crippen molar-refractivity contribution in [3.8, 4) is 5.75 Å². The highest BCUT2D eigenvalue weighted by Gasteiger charge is 2.05. The Hall–Kier alpha value is -1.81. The summed E-state index contributed by atoms with van der Waals surface area (Å²) in [6.45, 7) is 2.45. The van der Waals surface area contributed by atoms with Gasteiger partial charge in [0.05, 0.1) is 24.3 Å². The Kier molecular flexibility index (Phi) is 3.99. The van der Waals surface area contributed by atoms with Crippen molar-refractivity contribution in [1.82, 2.24) is 9.55 Å². The van der Waals surface area contributed by atoms with Crippen LogP contribution in [0.5, 0.6) is 5.75 Å². The molecule has 2 aromatic rings. The van der Waals surface area contributed by atoms with Crippen molar-refractivity contribution in [2.75, 3.05) is 0 Å². The van der Waals surface area contributed by atoms with Crippen molar-refractivity contribution in [3.05, 3.63) is 48.0 Å². The molecule has 1 N–H and O–H groups in total. The molecular weight excluding hydrogens is 228 g/mol. The maximum absolute atomic E-state index is 9.68. The number of hydrogen-bond donors (Lipinski definition) is 1. The van der Waals surface area contributed by atoms with Crippen molar-refractivity contribution < 1.29 is 9.84 Å². The van der Waals surface area contributed by atoms with Gasteiger partial charge in [0.15, 0.2) is 0 Å². The summed E-state index contributed by atoms with van der Waals surface area (Å²) in [7, 11) is 1.94. The van der Waals surface area contributed by atoms with Crippen LogP contribution in [-0.2, 0) is 13.7 Å². The lowest BCUT2D eigenvalue weighted by Crippen LogP contribution is -2.01. The molecule has 0 spiro atoms. The molecule has 4 nitrogen and oxygen atoms in total. The van der Waals surface area contributed by atoms with E-state index < -0.39 is 6.10 Å². The molecular formula is C14H18N2O2. The minimum atomic E-state index is -0.392. The molecule has 96 valence electrons. The molecule has 1 atom stereocenters. The van der Waals surface area contributed by atoms with Crippen molar-refractivity contribution >= 4 is 0 Å². The monoisotopic (exact) mass is 246 g/mol. The molecule has 0 aliphatic rings. The average Bonchev–Trinajstić information content (AvgIpc) is 2.81. The van der Waals surface area contributed by atoms with Gasteiger partial charge < -0.3 is 14.4 Å². The summed E-state index contributed by atoms with van der Waals surface area (Å²) in [4.78, 5) is 4.03. The van der Waals surface area contributed by atoms with Crippen LogP contribution in [0.4, 0.5) is 0 Å². The minimum Gasteiger partial charge on any atom is -0.487 e. The first-order valence-electron chi connectivity index (χ1n) is 6.06. The van der Waals surface area contributed by atoms with E-state index in [4.69, 9.17) is 4.74 Å². The van der Waals surface area contributed by atoms with Gasteiger partial charge in [-0.25, -0.2) is 4.98 Å². The first-order chi connectivity index (χ1) is 8.70. The third kappa shape index (κ3) is 2.90. The third-order valence-electron chi connectivity index (χ3n) is 2.95. The largest absolute Gasteiger partial charge is 0.487 e. The number of aromatic nitrogens is 2. The normalized spacial score (nSPS) is 12.4. The maximum Gasteiger partial charge on any atom is 0.130 e. The topological polar surface area (TPSA) is 47.3 Å².